The first-order chi connectivity index (χ1) is 18.8. The third-order valence-electron chi connectivity index (χ3n) is 6.33. The Kier molecular flexibility index (Phi) is 8.21. The van der Waals surface area contributed by atoms with Gasteiger partial charge in [0.2, 0.25) is 0 Å². The minimum atomic E-state index is -1.02. The Hall–Kier alpha value is -4.37. The summed E-state index contributed by atoms with van der Waals surface area (Å²) in [6, 6.07) is 13.7. The molecule has 1 amide bonds. The van der Waals surface area contributed by atoms with E-state index in [4.69, 9.17) is 35.3 Å². The predicted octanol–water partition coefficient (Wildman–Crippen LogP) is 5.40. The van der Waals surface area contributed by atoms with E-state index in [2.05, 4.69) is 0 Å². The number of ether oxygens (including phenoxy) is 5. The number of aliphatic hydroxyl groups excluding tert-OH is 1. The minimum absolute atomic E-state index is 0.134. The monoisotopic (exact) mass is 553 g/mol. The highest BCUT2D eigenvalue weighted by Crippen LogP contribution is 2.46. The van der Waals surface area contributed by atoms with Crippen molar-refractivity contribution in [2.45, 2.75) is 13.0 Å². The molecule has 3 aromatic carbocycles. The first-order valence-corrected chi connectivity index (χ1v) is 12.3. The molecule has 204 valence electrons. The molecule has 1 fully saturated rings. The third-order valence-corrected chi connectivity index (χ3v) is 6.62. The lowest BCUT2D eigenvalue weighted by Crippen LogP contribution is -2.29. The summed E-state index contributed by atoms with van der Waals surface area (Å²) in [5.41, 5.74) is 0.924. The Morgan fingerprint density at radius 3 is 2.10 bits per heavy atom. The molecule has 0 radical (unpaired) electrons. The van der Waals surface area contributed by atoms with Crippen LogP contribution in [0.1, 0.15) is 24.1 Å². The van der Waals surface area contributed by atoms with Crippen molar-refractivity contribution in [2.24, 2.45) is 0 Å². The standard InChI is InChI=1S/C29H28ClNO8/c1-6-39-24-13-16(7-12-21(24)36-3)26-25(27(32)19-14-23(38-5)20(30)15-22(19)37-4)28(33)29(34)31(26)17-8-10-18(35-2)11-9-17/h7-15,26,32H,6H2,1-5H3/b27-25+. The highest BCUT2D eigenvalue weighted by molar-refractivity contribution is 6.51. The lowest BCUT2D eigenvalue weighted by atomic mass is 9.94. The van der Waals surface area contributed by atoms with Crippen molar-refractivity contribution >= 4 is 34.7 Å². The smallest absolute Gasteiger partial charge is 0.300 e. The molecule has 0 aliphatic carbocycles. The zero-order valence-electron chi connectivity index (χ0n) is 22.1. The van der Waals surface area contributed by atoms with Gasteiger partial charge in [-0.3, -0.25) is 14.5 Å². The van der Waals surface area contributed by atoms with Gasteiger partial charge in [-0.05, 0) is 55.0 Å². The van der Waals surface area contributed by atoms with E-state index in [1.165, 1.54) is 45.5 Å². The van der Waals surface area contributed by atoms with Gasteiger partial charge >= 0.3 is 0 Å². The summed E-state index contributed by atoms with van der Waals surface area (Å²) in [6.45, 7) is 2.19. The van der Waals surface area contributed by atoms with Crippen molar-refractivity contribution in [2.75, 3.05) is 39.9 Å². The lowest BCUT2D eigenvalue weighted by molar-refractivity contribution is -0.132. The average Bonchev–Trinajstić information content (AvgIpc) is 3.22. The van der Waals surface area contributed by atoms with Crippen molar-refractivity contribution in [3.05, 3.63) is 76.3 Å². The van der Waals surface area contributed by atoms with Crippen LogP contribution in [0, 0.1) is 0 Å². The van der Waals surface area contributed by atoms with Crippen LogP contribution >= 0.6 is 11.6 Å². The van der Waals surface area contributed by atoms with Crippen LogP contribution in [0.5, 0.6) is 28.7 Å². The number of Topliss-reactive ketones (excluding diaryl/α,β-unsaturated/α-hetero) is 1. The van der Waals surface area contributed by atoms with E-state index >= 15 is 0 Å². The molecule has 3 aromatic rings. The Labute approximate surface area is 231 Å². The van der Waals surface area contributed by atoms with Crippen LogP contribution in [-0.4, -0.2) is 51.8 Å². The van der Waals surface area contributed by atoms with Crippen LogP contribution in [-0.2, 0) is 9.59 Å². The Bertz CT molecular complexity index is 1430. The van der Waals surface area contributed by atoms with Gasteiger partial charge in [-0.25, -0.2) is 0 Å². The quantitative estimate of drug-likeness (QED) is 0.213. The van der Waals surface area contributed by atoms with E-state index in [0.29, 0.717) is 35.1 Å². The van der Waals surface area contributed by atoms with Crippen molar-refractivity contribution in [1.29, 1.82) is 0 Å². The van der Waals surface area contributed by atoms with Crippen molar-refractivity contribution in [3.63, 3.8) is 0 Å². The second kappa shape index (κ2) is 11.6. The number of anilines is 1. The summed E-state index contributed by atoms with van der Waals surface area (Å²) in [5.74, 6) is -0.225. The number of carbonyl (C=O) groups is 2. The fraction of sp³-hybridized carbons (Fsp3) is 0.241. The first kappa shape index (κ1) is 27.7. The SMILES string of the molecule is CCOc1cc(C2/C(=C(\O)c3cc(OC)c(Cl)cc3OC)C(=O)C(=O)N2c2ccc(OC)cc2)ccc1OC. The number of carbonyl (C=O) groups excluding carboxylic acids is 2. The molecule has 1 atom stereocenters. The zero-order chi connectivity index (χ0) is 28.3. The molecule has 1 aliphatic rings. The highest BCUT2D eigenvalue weighted by atomic mass is 35.5. The van der Waals surface area contributed by atoms with Gasteiger partial charge < -0.3 is 28.8 Å². The molecule has 1 unspecified atom stereocenters. The van der Waals surface area contributed by atoms with Crippen LogP contribution in [0.25, 0.3) is 5.76 Å². The summed E-state index contributed by atoms with van der Waals surface area (Å²) in [6.07, 6.45) is 0. The zero-order valence-corrected chi connectivity index (χ0v) is 22.9. The maximum Gasteiger partial charge on any atom is 0.300 e. The normalized spacial score (nSPS) is 16.3. The molecule has 1 saturated heterocycles. The maximum atomic E-state index is 13.6. The molecule has 4 rings (SSSR count). The fourth-order valence-corrected chi connectivity index (χ4v) is 4.71. The fourth-order valence-electron chi connectivity index (χ4n) is 4.48. The van der Waals surface area contributed by atoms with Crippen LogP contribution in [0.3, 0.4) is 0 Å². The van der Waals surface area contributed by atoms with Gasteiger partial charge in [-0.1, -0.05) is 17.7 Å². The number of nitrogens with zero attached hydrogens (tertiary/aromatic N) is 1. The molecule has 0 aromatic heterocycles. The molecule has 1 heterocycles. The number of halogens is 1. The van der Waals surface area contributed by atoms with E-state index in [1.54, 1.807) is 42.5 Å². The van der Waals surface area contributed by atoms with Crippen LogP contribution in [0.2, 0.25) is 5.02 Å². The summed E-state index contributed by atoms with van der Waals surface area (Å²) < 4.78 is 27.2. The number of benzene rings is 3. The molecule has 1 N–H and O–H groups in total. The molecule has 39 heavy (non-hydrogen) atoms. The summed E-state index contributed by atoms with van der Waals surface area (Å²) in [7, 11) is 5.87. The number of rotatable bonds is 9. The van der Waals surface area contributed by atoms with Gasteiger partial charge in [0.05, 0.1) is 57.2 Å². The topological polar surface area (TPSA) is 104 Å². The van der Waals surface area contributed by atoms with Gasteiger partial charge in [-0.15, -0.1) is 0 Å². The van der Waals surface area contributed by atoms with Crippen molar-refractivity contribution < 1.29 is 38.4 Å². The summed E-state index contributed by atoms with van der Waals surface area (Å²) in [4.78, 5) is 28.4. The Morgan fingerprint density at radius 1 is 0.846 bits per heavy atom. The van der Waals surface area contributed by atoms with E-state index in [9.17, 15) is 14.7 Å². The Morgan fingerprint density at radius 2 is 1.51 bits per heavy atom. The molecule has 1 aliphatic heterocycles. The van der Waals surface area contributed by atoms with E-state index in [1.807, 2.05) is 6.92 Å². The van der Waals surface area contributed by atoms with Crippen molar-refractivity contribution in [3.8, 4) is 28.7 Å². The highest BCUT2D eigenvalue weighted by Gasteiger charge is 2.47. The maximum absolute atomic E-state index is 13.6. The molecular formula is C29H28ClNO8. The molecule has 9 nitrogen and oxygen atoms in total. The lowest BCUT2D eigenvalue weighted by Gasteiger charge is -2.26. The second-order valence-corrected chi connectivity index (χ2v) is 8.80. The minimum Gasteiger partial charge on any atom is -0.507 e. The summed E-state index contributed by atoms with van der Waals surface area (Å²) >= 11 is 6.26. The van der Waals surface area contributed by atoms with Gasteiger partial charge in [-0.2, -0.15) is 0 Å². The van der Waals surface area contributed by atoms with Gasteiger partial charge in [0.1, 0.15) is 23.0 Å². The van der Waals surface area contributed by atoms with E-state index < -0.39 is 23.5 Å². The van der Waals surface area contributed by atoms with Gasteiger partial charge in [0, 0.05) is 11.8 Å². The molecule has 0 saturated carbocycles. The Balaban J connectivity index is 2.00. The van der Waals surface area contributed by atoms with Crippen LogP contribution in [0.15, 0.2) is 60.2 Å². The molecule has 10 heteroatoms. The van der Waals surface area contributed by atoms with Crippen LogP contribution in [0.4, 0.5) is 5.69 Å². The average molecular weight is 554 g/mol. The molecular weight excluding hydrogens is 526 g/mol. The number of methoxy groups -OCH3 is 4. The number of hydrogen-bond acceptors (Lipinski definition) is 8. The predicted molar refractivity (Wildman–Crippen MR) is 146 cm³/mol. The first-order valence-electron chi connectivity index (χ1n) is 12.0. The number of hydrogen-bond donors (Lipinski definition) is 1. The molecule has 0 spiro atoms. The van der Waals surface area contributed by atoms with E-state index in [0.717, 1.165) is 0 Å². The van der Waals surface area contributed by atoms with Crippen molar-refractivity contribution in [1.82, 2.24) is 0 Å². The van der Waals surface area contributed by atoms with Gasteiger partial charge in [0.15, 0.2) is 11.5 Å². The number of amides is 1. The molecule has 0 bridgehead atoms. The van der Waals surface area contributed by atoms with Gasteiger partial charge in [0.25, 0.3) is 11.7 Å². The third kappa shape index (κ3) is 5.05. The second-order valence-electron chi connectivity index (χ2n) is 8.40. The largest absolute Gasteiger partial charge is 0.507 e. The van der Waals surface area contributed by atoms with E-state index in [-0.39, 0.29) is 27.7 Å². The number of aliphatic hydroxyl groups is 1. The summed E-state index contributed by atoms with van der Waals surface area (Å²) in [5, 5.41) is 11.9. The number of ketones is 1. The van der Waals surface area contributed by atoms with Crippen LogP contribution < -0.4 is 28.6 Å².